The number of amides is 2. The van der Waals surface area contributed by atoms with Gasteiger partial charge in [-0.1, -0.05) is 111 Å². The van der Waals surface area contributed by atoms with Crippen LogP contribution in [0.3, 0.4) is 0 Å². The summed E-state index contributed by atoms with van der Waals surface area (Å²) in [6, 6.07) is 32.4. The van der Waals surface area contributed by atoms with Crippen molar-refractivity contribution in [2.45, 2.75) is 32.4 Å². The molecule has 172 valence electrons. The van der Waals surface area contributed by atoms with Gasteiger partial charge in [0.1, 0.15) is 6.04 Å². The lowest BCUT2D eigenvalue weighted by Gasteiger charge is -2.27. The Morgan fingerprint density at radius 3 is 1.85 bits per heavy atom. The number of rotatable bonds is 8. The quantitative estimate of drug-likeness (QED) is 0.352. The van der Waals surface area contributed by atoms with Crippen LogP contribution in [-0.4, -0.2) is 17.9 Å². The molecule has 0 aliphatic carbocycles. The van der Waals surface area contributed by atoms with Crippen LogP contribution in [0.4, 0.5) is 0 Å². The molecule has 0 heterocycles. The molecule has 34 heavy (non-hydrogen) atoms. The largest absolute Gasteiger partial charge is 0.343 e. The van der Waals surface area contributed by atoms with Crippen LogP contribution in [-0.2, 0) is 4.79 Å². The zero-order valence-electron chi connectivity index (χ0n) is 19.6. The van der Waals surface area contributed by atoms with Gasteiger partial charge in [-0.3, -0.25) is 9.59 Å². The first-order valence-electron chi connectivity index (χ1n) is 11.8. The third kappa shape index (κ3) is 5.34. The number of nitrogens with one attached hydrogen (secondary N) is 2. The Bertz CT molecular complexity index is 1220. The van der Waals surface area contributed by atoms with Gasteiger partial charge in [-0.25, -0.2) is 0 Å². The highest BCUT2D eigenvalue weighted by atomic mass is 16.2. The van der Waals surface area contributed by atoms with Crippen LogP contribution in [0.15, 0.2) is 103 Å². The Morgan fingerprint density at radius 1 is 0.706 bits per heavy atom. The van der Waals surface area contributed by atoms with Crippen molar-refractivity contribution in [3.63, 3.8) is 0 Å². The van der Waals surface area contributed by atoms with Gasteiger partial charge in [0.05, 0.1) is 6.04 Å². The summed E-state index contributed by atoms with van der Waals surface area (Å²) in [5, 5.41) is 8.27. The molecule has 0 fully saturated rings. The van der Waals surface area contributed by atoms with Crippen molar-refractivity contribution >= 4 is 22.6 Å². The SMILES string of the molecule is CCC(C)C(NC(=O)c1ccc2ccccc2c1)C(=O)NC(c1ccccc1)c1ccccc1. The third-order valence-corrected chi connectivity index (χ3v) is 6.35. The van der Waals surface area contributed by atoms with E-state index in [4.69, 9.17) is 0 Å². The van der Waals surface area contributed by atoms with Gasteiger partial charge in [-0.15, -0.1) is 0 Å². The van der Waals surface area contributed by atoms with Crippen LogP contribution in [0.25, 0.3) is 10.8 Å². The van der Waals surface area contributed by atoms with Crippen molar-refractivity contribution in [3.05, 3.63) is 120 Å². The fraction of sp³-hybridized carbons (Fsp3) is 0.200. The molecular formula is C30H30N2O2. The van der Waals surface area contributed by atoms with Crippen LogP contribution >= 0.6 is 0 Å². The van der Waals surface area contributed by atoms with Crippen LogP contribution in [0, 0.1) is 5.92 Å². The lowest BCUT2D eigenvalue weighted by atomic mass is 9.95. The van der Waals surface area contributed by atoms with Gasteiger partial charge in [0.15, 0.2) is 0 Å². The second-order valence-corrected chi connectivity index (χ2v) is 8.66. The number of carbonyl (C=O) groups excluding carboxylic acids is 2. The number of hydrogen-bond acceptors (Lipinski definition) is 2. The van der Waals surface area contributed by atoms with Crippen LogP contribution in [0.5, 0.6) is 0 Å². The lowest BCUT2D eigenvalue weighted by molar-refractivity contribution is -0.124. The van der Waals surface area contributed by atoms with E-state index in [-0.39, 0.29) is 23.8 Å². The molecule has 0 spiro atoms. The smallest absolute Gasteiger partial charge is 0.251 e. The minimum atomic E-state index is -0.654. The van der Waals surface area contributed by atoms with E-state index < -0.39 is 6.04 Å². The molecule has 0 aliphatic heterocycles. The van der Waals surface area contributed by atoms with Crippen LogP contribution < -0.4 is 10.6 Å². The highest BCUT2D eigenvalue weighted by molar-refractivity contribution is 6.00. The zero-order chi connectivity index (χ0) is 23.9. The summed E-state index contributed by atoms with van der Waals surface area (Å²) in [5.74, 6) is -0.472. The lowest BCUT2D eigenvalue weighted by Crippen LogP contribution is -2.51. The summed E-state index contributed by atoms with van der Waals surface area (Å²) in [5.41, 5.74) is 2.53. The van der Waals surface area contributed by atoms with Gasteiger partial charge in [0, 0.05) is 5.56 Å². The molecule has 0 aliphatic rings. The van der Waals surface area contributed by atoms with Crippen molar-refractivity contribution in [1.82, 2.24) is 10.6 Å². The second kappa shape index (κ2) is 10.8. The Hall–Kier alpha value is -3.92. The van der Waals surface area contributed by atoms with Crippen molar-refractivity contribution in [2.75, 3.05) is 0 Å². The van der Waals surface area contributed by atoms with Gasteiger partial charge >= 0.3 is 0 Å². The van der Waals surface area contributed by atoms with Gasteiger partial charge in [-0.05, 0) is 39.9 Å². The first-order valence-corrected chi connectivity index (χ1v) is 11.8. The third-order valence-electron chi connectivity index (χ3n) is 6.35. The molecule has 4 aromatic rings. The first-order chi connectivity index (χ1) is 16.6. The Morgan fingerprint density at radius 2 is 1.26 bits per heavy atom. The first kappa shape index (κ1) is 23.2. The summed E-state index contributed by atoms with van der Waals surface area (Å²) in [4.78, 5) is 26.7. The van der Waals surface area contributed by atoms with Crippen LogP contribution in [0.1, 0.15) is 47.8 Å². The standard InChI is InChI=1S/C30H30N2O2/c1-3-21(2)27(31-29(33)26-19-18-22-12-10-11-17-25(22)20-26)30(34)32-28(23-13-6-4-7-14-23)24-15-8-5-9-16-24/h4-21,27-28H,3H2,1-2H3,(H,31,33)(H,32,34). The van der Waals surface area contributed by atoms with E-state index >= 15 is 0 Å². The molecule has 0 aromatic heterocycles. The predicted molar refractivity (Wildman–Crippen MR) is 138 cm³/mol. The molecule has 2 atom stereocenters. The highest BCUT2D eigenvalue weighted by Crippen LogP contribution is 2.23. The molecule has 4 heteroatoms. The highest BCUT2D eigenvalue weighted by Gasteiger charge is 2.29. The maximum Gasteiger partial charge on any atom is 0.251 e. The zero-order valence-corrected chi connectivity index (χ0v) is 19.6. The molecule has 0 radical (unpaired) electrons. The van der Waals surface area contributed by atoms with Gasteiger partial charge < -0.3 is 10.6 Å². The summed E-state index contributed by atoms with van der Waals surface area (Å²) in [6.07, 6.45) is 0.761. The average Bonchev–Trinajstić information content (AvgIpc) is 2.90. The Labute approximate surface area is 201 Å². The summed E-state index contributed by atoms with van der Waals surface area (Å²) in [7, 11) is 0. The normalized spacial score (nSPS) is 12.8. The maximum absolute atomic E-state index is 13.6. The molecule has 2 unspecified atom stereocenters. The predicted octanol–water partition coefficient (Wildman–Crippen LogP) is 5.89. The van der Waals surface area contributed by atoms with E-state index in [0.29, 0.717) is 5.56 Å². The van der Waals surface area contributed by atoms with Crippen molar-refractivity contribution in [1.29, 1.82) is 0 Å². The fourth-order valence-electron chi connectivity index (χ4n) is 4.14. The van der Waals surface area contributed by atoms with E-state index in [2.05, 4.69) is 10.6 Å². The van der Waals surface area contributed by atoms with Crippen molar-refractivity contribution in [3.8, 4) is 0 Å². The number of benzene rings is 4. The van der Waals surface area contributed by atoms with E-state index in [1.165, 1.54) is 0 Å². The molecule has 0 saturated carbocycles. The summed E-state index contributed by atoms with van der Waals surface area (Å²) >= 11 is 0. The molecule has 2 N–H and O–H groups in total. The molecule has 4 rings (SSSR count). The molecule has 4 nitrogen and oxygen atoms in total. The number of hydrogen-bond donors (Lipinski definition) is 2. The van der Waals surface area contributed by atoms with E-state index in [0.717, 1.165) is 28.3 Å². The molecule has 4 aromatic carbocycles. The Balaban J connectivity index is 1.58. The molecule has 2 amide bonds. The molecule has 0 bridgehead atoms. The van der Waals surface area contributed by atoms with Gasteiger partial charge in [0.2, 0.25) is 5.91 Å². The maximum atomic E-state index is 13.6. The Kier molecular flexibility index (Phi) is 7.38. The van der Waals surface area contributed by atoms with Crippen molar-refractivity contribution < 1.29 is 9.59 Å². The monoisotopic (exact) mass is 450 g/mol. The number of fused-ring (bicyclic) bond motifs is 1. The van der Waals surface area contributed by atoms with E-state index in [1.54, 1.807) is 6.07 Å². The topological polar surface area (TPSA) is 58.2 Å². The van der Waals surface area contributed by atoms with Gasteiger partial charge in [-0.2, -0.15) is 0 Å². The second-order valence-electron chi connectivity index (χ2n) is 8.66. The molecule has 0 saturated heterocycles. The molecular weight excluding hydrogens is 420 g/mol. The van der Waals surface area contributed by atoms with E-state index in [1.807, 2.05) is 111 Å². The summed E-state index contributed by atoms with van der Waals surface area (Å²) < 4.78 is 0. The van der Waals surface area contributed by atoms with Crippen LogP contribution in [0.2, 0.25) is 0 Å². The fourth-order valence-corrected chi connectivity index (χ4v) is 4.14. The summed E-state index contributed by atoms with van der Waals surface area (Å²) in [6.45, 7) is 4.02. The average molecular weight is 451 g/mol. The van der Waals surface area contributed by atoms with Crippen molar-refractivity contribution in [2.24, 2.45) is 5.92 Å². The minimum absolute atomic E-state index is 0.0309. The van der Waals surface area contributed by atoms with Gasteiger partial charge in [0.25, 0.3) is 5.91 Å². The minimum Gasteiger partial charge on any atom is -0.343 e. The number of carbonyl (C=O) groups is 2. The van der Waals surface area contributed by atoms with E-state index in [9.17, 15) is 9.59 Å².